The lowest BCUT2D eigenvalue weighted by Crippen LogP contribution is -2.34. The summed E-state index contributed by atoms with van der Waals surface area (Å²) >= 11 is 0. The van der Waals surface area contributed by atoms with Crippen LogP contribution in [0.15, 0.2) is 40.8 Å². The first kappa shape index (κ1) is 14.4. The standard InChI is InChI=1S/C18H23NO2/c1-14-2-4-16(5-3-14)18-7-6-17(21-18)12-19-10-8-15(13-20)9-11-19/h2-7,15,20H,8-13H2,1H3. The Balaban J connectivity index is 1.62. The zero-order valence-corrected chi connectivity index (χ0v) is 12.6. The van der Waals surface area contributed by atoms with Crippen LogP contribution in [0.25, 0.3) is 11.3 Å². The third kappa shape index (κ3) is 3.55. The second-order valence-corrected chi connectivity index (χ2v) is 6.03. The molecule has 0 saturated carbocycles. The summed E-state index contributed by atoms with van der Waals surface area (Å²) < 4.78 is 5.97. The number of piperidine rings is 1. The molecule has 0 spiro atoms. The van der Waals surface area contributed by atoms with Gasteiger partial charge in [-0.15, -0.1) is 0 Å². The molecule has 0 bridgehead atoms. The molecular formula is C18H23NO2. The fourth-order valence-electron chi connectivity index (χ4n) is 2.88. The summed E-state index contributed by atoms with van der Waals surface area (Å²) in [6, 6.07) is 12.6. The van der Waals surface area contributed by atoms with E-state index in [-0.39, 0.29) is 0 Å². The molecule has 0 aliphatic carbocycles. The first-order valence-corrected chi connectivity index (χ1v) is 7.73. The molecule has 1 fully saturated rings. The molecule has 1 saturated heterocycles. The van der Waals surface area contributed by atoms with Crippen LogP contribution in [-0.4, -0.2) is 29.7 Å². The molecule has 1 aromatic carbocycles. The first-order valence-electron chi connectivity index (χ1n) is 7.73. The van der Waals surface area contributed by atoms with E-state index in [1.165, 1.54) is 5.56 Å². The van der Waals surface area contributed by atoms with Gasteiger partial charge in [0.1, 0.15) is 11.5 Å². The third-order valence-corrected chi connectivity index (χ3v) is 4.34. The van der Waals surface area contributed by atoms with E-state index in [0.29, 0.717) is 12.5 Å². The van der Waals surface area contributed by atoms with Gasteiger partial charge in [0.05, 0.1) is 6.54 Å². The molecule has 3 heteroatoms. The number of hydrogen-bond donors (Lipinski definition) is 1. The van der Waals surface area contributed by atoms with Crippen LogP contribution in [-0.2, 0) is 6.54 Å². The minimum Gasteiger partial charge on any atom is -0.460 e. The van der Waals surface area contributed by atoms with Crippen LogP contribution in [0, 0.1) is 12.8 Å². The lowest BCUT2D eigenvalue weighted by atomic mass is 9.98. The molecule has 21 heavy (non-hydrogen) atoms. The van der Waals surface area contributed by atoms with E-state index >= 15 is 0 Å². The minimum atomic E-state index is 0.326. The molecule has 0 radical (unpaired) electrons. The fraction of sp³-hybridized carbons (Fsp3) is 0.444. The van der Waals surface area contributed by atoms with Crippen LogP contribution in [0.4, 0.5) is 0 Å². The first-order chi connectivity index (χ1) is 10.2. The van der Waals surface area contributed by atoms with Gasteiger partial charge >= 0.3 is 0 Å². The molecule has 1 aliphatic heterocycles. The van der Waals surface area contributed by atoms with Crippen LogP contribution < -0.4 is 0 Å². The number of rotatable bonds is 4. The number of nitrogens with zero attached hydrogens (tertiary/aromatic N) is 1. The summed E-state index contributed by atoms with van der Waals surface area (Å²) in [4.78, 5) is 2.41. The molecule has 2 heterocycles. The Bertz CT molecular complexity index is 565. The minimum absolute atomic E-state index is 0.326. The van der Waals surface area contributed by atoms with E-state index in [1.807, 2.05) is 0 Å². The van der Waals surface area contributed by atoms with E-state index in [1.54, 1.807) is 0 Å². The summed E-state index contributed by atoms with van der Waals surface area (Å²) in [7, 11) is 0. The van der Waals surface area contributed by atoms with Crippen molar-refractivity contribution >= 4 is 0 Å². The third-order valence-electron chi connectivity index (χ3n) is 4.34. The molecule has 3 nitrogen and oxygen atoms in total. The number of benzene rings is 1. The van der Waals surface area contributed by atoms with Gasteiger partial charge in [-0.05, 0) is 50.9 Å². The molecule has 0 atom stereocenters. The molecule has 0 amide bonds. The summed E-state index contributed by atoms with van der Waals surface area (Å²) in [5.41, 5.74) is 2.39. The number of likely N-dealkylation sites (tertiary alicyclic amines) is 1. The summed E-state index contributed by atoms with van der Waals surface area (Å²) in [6.45, 7) is 5.38. The number of aryl methyl sites for hydroxylation is 1. The zero-order chi connectivity index (χ0) is 14.7. The van der Waals surface area contributed by atoms with E-state index in [9.17, 15) is 5.11 Å². The van der Waals surface area contributed by atoms with E-state index < -0.39 is 0 Å². The summed E-state index contributed by atoms with van der Waals surface area (Å²) in [6.07, 6.45) is 2.17. The number of furan rings is 1. The van der Waals surface area contributed by atoms with Crippen molar-refractivity contribution in [3.8, 4) is 11.3 Å². The molecule has 1 aliphatic rings. The number of aliphatic hydroxyl groups is 1. The van der Waals surface area contributed by atoms with Crippen molar-refractivity contribution in [2.24, 2.45) is 5.92 Å². The van der Waals surface area contributed by atoms with E-state index in [0.717, 1.165) is 49.6 Å². The molecule has 0 unspecified atom stereocenters. The normalized spacial score (nSPS) is 17.2. The SMILES string of the molecule is Cc1ccc(-c2ccc(CN3CCC(CO)CC3)o2)cc1. The van der Waals surface area contributed by atoms with Crippen molar-refractivity contribution < 1.29 is 9.52 Å². The van der Waals surface area contributed by atoms with E-state index in [4.69, 9.17) is 4.42 Å². The van der Waals surface area contributed by atoms with Gasteiger partial charge in [0, 0.05) is 12.2 Å². The van der Waals surface area contributed by atoms with Gasteiger partial charge < -0.3 is 9.52 Å². The molecular weight excluding hydrogens is 262 g/mol. The Hall–Kier alpha value is -1.58. The van der Waals surface area contributed by atoms with Crippen LogP contribution in [0.2, 0.25) is 0 Å². The molecule has 3 rings (SSSR count). The summed E-state index contributed by atoms with van der Waals surface area (Å²) in [5.74, 6) is 2.45. The maximum Gasteiger partial charge on any atom is 0.134 e. The Morgan fingerprint density at radius 1 is 1.10 bits per heavy atom. The maximum absolute atomic E-state index is 9.18. The van der Waals surface area contributed by atoms with Gasteiger partial charge in [0.2, 0.25) is 0 Å². The van der Waals surface area contributed by atoms with Gasteiger partial charge in [-0.1, -0.05) is 29.8 Å². The average Bonchev–Trinajstić information content (AvgIpc) is 2.97. The smallest absolute Gasteiger partial charge is 0.134 e. The average molecular weight is 285 g/mol. The highest BCUT2D eigenvalue weighted by Crippen LogP contribution is 2.24. The van der Waals surface area contributed by atoms with Crippen molar-refractivity contribution in [2.45, 2.75) is 26.3 Å². The quantitative estimate of drug-likeness (QED) is 0.934. The maximum atomic E-state index is 9.18. The molecule has 112 valence electrons. The topological polar surface area (TPSA) is 36.6 Å². The lowest BCUT2D eigenvalue weighted by molar-refractivity contribution is 0.122. The second kappa shape index (κ2) is 6.46. The van der Waals surface area contributed by atoms with Crippen molar-refractivity contribution in [3.63, 3.8) is 0 Å². The van der Waals surface area contributed by atoms with Gasteiger partial charge in [-0.25, -0.2) is 0 Å². The Labute approximate surface area is 126 Å². The zero-order valence-electron chi connectivity index (χ0n) is 12.6. The summed E-state index contributed by atoms with van der Waals surface area (Å²) in [5, 5.41) is 9.18. The lowest BCUT2D eigenvalue weighted by Gasteiger charge is -2.30. The van der Waals surface area contributed by atoms with Crippen LogP contribution in [0.3, 0.4) is 0 Å². The number of hydrogen-bond acceptors (Lipinski definition) is 3. The largest absolute Gasteiger partial charge is 0.460 e. The highest BCUT2D eigenvalue weighted by atomic mass is 16.3. The van der Waals surface area contributed by atoms with Crippen molar-refractivity contribution in [1.29, 1.82) is 0 Å². The van der Waals surface area contributed by atoms with Crippen LogP contribution >= 0.6 is 0 Å². The van der Waals surface area contributed by atoms with Crippen LogP contribution in [0.5, 0.6) is 0 Å². The monoisotopic (exact) mass is 285 g/mol. The van der Waals surface area contributed by atoms with Crippen molar-refractivity contribution in [3.05, 3.63) is 47.7 Å². The molecule has 1 aromatic heterocycles. The Morgan fingerprint density at radius 3 is 2.48 bits per heavy atom. The molecule has 2 aromatic rings. The van der Waals surface area contributed by atoms with E-state index in [2.05, 4.69) is 48.2 Å². The highest BCUT2D eigenvalue weighted by molar-refractivity contribution is 5.57. The van der Waals surface area contributed by atoms with Gasteiger partial charge in [0.15, 0.2) is 0 Å². The van der Waals surface area contributed by atoms with Gasteiger partial charge in [0.25, 0.3) is 0 Å². The van der Waals surface area contributed by atoms with Gasteiger partial charge in [-0.3, -0.25) is 4.90 Å². The fourth-order valence-corrected chi connectivity index (χ4v) is 2.88. The Kier molecular flexibility index (Phi) is 4.42. The van der Waals surface area contributed by atoms with Crippen molar-refractivity contribution in [1.82, 2.24) is 4.90 Å². The van der Waals surface area contributed by atoms with Crippen LogP contribution in [0.1, 0.15) is 24.2 Å². The van der Waals surface area contributed by atoms with Gasteiger partial charge in [-0.2, -0.15) is 0 Å². The predicted molar refractivity (Wildman–Crippen MR) is 84.0 cm³/mol. The Morgan fingerprint density at radius 2 is 1.81 bits per heavy atom. The van der Waals surface area contributed by atoms with Crippen molar-refractivity contribution in [2.75, 3.05) is 19.7 Å². The number of aliphatic hydroxyl groups excluding tert-OH is 1. The predicted octanol–water partition coefficient (Wildman–Crippen LogP) is 3.46. The highest BCUT2D eigenvalue weighted by Gasteiger charge is 2.19. The molecule has 1 N–H and O–H groups in total. The second-order valence-electron chi connectivity index (χ2n) is 6.03.